The van der Waals surface area contributed by atoms with Crippen LogP contribution in [0.3, 0.4) is 0 Å². The van der Waals surface area contributed by atoms with Gasteiger partial charge in [0.25, 0.3) is 0 Å². The quantitative estimate of drug-likeness (QED) is 0.255. The normalized spacial score (nSPS) is 11.7. The number of unbranched alkanes of at least 4 members (excludes halogenated alkanes) is 1. The molecule has 1 heterocycles. The third-order valence-corrected chi connectivity index (χ3v) is 5.41. The molecule has 0 bridgehead atoms. The number of nitrogens with one attached hydrogen (secondary N) is 1. The van der Waals surface area contributed by atoms with Gasteiger partial charge >= 0.3 is 17.7 Å². The van der Waals surface area contributed by atoms with E-state index in [1.807, 2.05) is 44.2 Å². The van der Waals surface area contributed by atoms with E-state index in [0.717, 1.165) is 17.5 Å². The third kappa shape index (κ3) is 6.58. The van der Waals surface area contributed by atoms with E-state index in [2.05, 4.69) is 5.32 Å². The van der Waals surface area contributed by atoms with Gasteiger partial charge in [0.05, 0.1) is 5.02 Å². The molecular formula is C25H26ClNO6. The Labute approximate surface area is 196 Å². The molecule has 0 aliphatic rings. The first-order valence-corrected chi connectivity index (χ1v) is 11.2. The molecule has 0 unspecified atom stereocenters. The molecule has 0 saturated heterocycles. The summed E-state index contributed by atoms with van der Waals surface area (Å²) in [6.07, 6.45) is 1.78. The van der Waals surface area contributed by atoms with Crippen molar-refractivity contribution in [2.45, 2.75) is 52.2 Å². The van der Waals surface area contributed by atoms with Gasteiger partial charge in [0.15, 0.2) is 5.75 Å². The number of benzene rings is 2. The fourth-order valence-corrected chi connectivity index (χ4v) is 3.54. The molecule has 0 saturated carbocycles. The number of amides is 1. The first kappa shape index (κ1) is 24.3. The smallest absolute Gasteiger partial charge is 0.408 e. The molecule has 0 spiro atoms. The molecule has 0 radical (unpaired) electrons. The minimum Gasteiger partial charge on any atom is -0.445 e. The second kappa shape index (κ2) is 11.5. The van der Waals surface area contributed by atoms with Gasteiger partial charge in [-0.3, -0.25) is 0 Å². The SMILES string of the molecule is CCCC[C@@H](NC(=O)OCc1ccccc1)C(=O)Oc1cc2oc(=O)cc(CC)c2cc1Cl. The average Bonchev–Trinajstić information content (AvgIpc) is 2.81. The number of alkyl carbamates (subject to hydrolysis) is 1. The topological polar surface area (TPSA) is 94.8 Å². The van der Waals surface area contributed by atoms with Crippen molar-refractivity contribution in [2.75, 3.05) is 0 Å². The molecule has 1 amide bonds. The lowest BCUT2D eigenvalue weighted by Gasteiger charge is -2.18. The van der Waals surface area contributed by atoms with Gasteiger partial charge in [0.2, 0.25) is 0 Å². The van der Waals surface area contributed by atoms with Gasteiger partial charge in [-0.2, -0.15) is 0 Å². The van der Waals surface area contributed by atoms with Gasteiger partial charge in [-0.15, -0.1) is 0 Å². The van der Waals surface area contributed by atoms with Gasteiger partial charge in [0.1, 0.15) is 18.2 Å². The molecular weight excluding hydrogens is 446 g/mol. The highest BCUT2D eigenvalue weighted by Crippen LogP contribution is 2.31. The standard InChI is InChI=1S/C25H26ClNO6/c1-3-5-11-20(27-25(30)31-15-16-9-7-6-8-10-16)24(29)33-22-14-21-18(13-19(22)26)17(4-2)12-23(28)32-21/h6-10,12-14,20H,3-5,11,15H2,1-2H3,(H,27,30)/t20-/m1/s1. The van der Waals surface area contributed by atoms with Crippen LogP contribution in [-0.2, 0) is 22.6 Å². The molecule has 0 aliphatic carbocycles. The predicted octanol–water partition coefficient (Wildman–Crippen LogP) is 5.40. The van der Waals surface area contributed by atoms with Crippen LogP contribution in [0.2, 0.25) is 5.02 Å². The summed E-state index contributed by atoms with van der Waals surface area (Å²) in [7, 11) is 0. The van der Waals surface area contributed by atoms with Crippen molar-refractivity contribution < 1.29 is 23.5 Å². The molecule has 1 aromatic heterocycles. The molecule has 2 aromatic carbocycles. The zero-order valence-electron chi connectivity index (χ0n) is 18.6. The van der Waals surface area contributed by atoms with Crippen molar-refractivity contribution in [2.24, 2.45) is 0 Å². The molecule has 0 aliphatic heterocycles. The van der Waals surface area contributed by atoms with E-state index in [1.165, 1.54) is 12.1 Å². The summed E-state index contributed by atoms with van der Waals surface area (Å²) in [5.74, 6) is -0.637. The van der Waals surface area contributed by atoms with E-state index in [0.29, 0.717) is 24.6 Å². The maximum Gasteiger partial charge on any atom is 0.408 e. The average molecular weight is 472 g/mol. The lowest BCUT2D eigenvalue weighted by molar-refractivity contribution is -0.136. The first-order chi connectivity index (χ1) is 15.9. The van der Waals surface area contributed by atoms with Crippen molar-refractivity contribution in [3.05, 3.63) is 75.1 Å². The second-order valence-electron chi connectivity index (χ2n) is 7.54. The minimum atomic E-state index is -0.922. The van der Waals surface area contributed by atoms with Gasteiger partial charge in [-0.05, 0) is 30.0 Å². The summed E-state index contributed by atoms with van der Waals surface area (Å²) < 4.78 is 16.0. The lowest BCUT2D eigenvalue weighted by atomic mass is 10.1. The van der Waals surface area contributed by atoms with Crippen LogP contribution >= 0.6 is 11.6 Å². The van der Waals surface area contributed by atoms with E-state index < -0.39 is 23.7 Å². The highest BCUT2D eigenvalue weighted by atomic mass is 35.5. The molecule has 1 N–H and O–H groups in total. The summed E-state index contributed by atoms with van der Waals surface area (Å²) in [5, 5.41) is 3.44. The Bertz CT molecular complexity index is 1170. The first-order valence-electron chi connectivity index (χ1n) is 10.9. The van der Waals surface area contributed by atoms with Crippen LogP contribution in [0, 0.1) is 0 Å². The summed E-state index contributed by atoms with van der Waals surface area (Å²) >= 11 is 6.34. The Hall–Kier alpha value is -3.32. The Kier molecular flexibility index (Phi) is 8.49. The maximum atomic E-state index is 12.9. The predicted molar refractivity (Wildman–Crippen MR) is 126 cm³/mol. The fraction of sp³-hybridized carbons (Fsp3) is 0.320. The van der Waals surface area contributed by atoms with Crippen LogP contribution in [0.4, 0.5) is 4.79 Å². The van der Waals surface area contributed by atoms with Crippen molar-refractivity contribution >= 4 is 34.6 Å². The number of rotatable bonds is 9. The molecule has 1 atom stereocenters. The van der Waals surface area contributed by atoms with Crippen LogP contribution in [0.1, 0.15) is 44.2 Å². The van der Waals surface area contributed by atoms with Crippen molar-refractivity contribution in [1.29, 1.82) is 0 Å². The van der Waals surface area contributed by atoms with Crippen molar-refractivity contribution in [3.63, 3.8) is 0 Å². The number of carbonyl (C=O) groups is 2. The number of carbonyl (C=O) groups excluding carboxylic acids is 2. The highest BCUT2D eigenvalue weighted by Gasteiger charge is 2.24. The van der Waals surface area contributed by atoms with Crippen LogP contribution in [0.25, 0.3) is 11.0 Å². The van der Waals surface area contributed by atoms with Crippen molar-refractivity contribution in [3.8, 4) is 5.75 Å². The van der Waals surface area contributed by atoms with Crippen LogP contribution in [0.15, 0.2) is 57.7 Å². The zero-order chi connectivity index (χ0) is 23.8. The van der Waals surface area contributed by atoms with Crippen LogP contribution < -0.4 is 15.7 Å². The van der Waals surface area contributed by atoms with E-state index in [-0.39, 0.29) is 23.0 Å². The fourth-order valence-electron chi connectivity index (χ4n) is 3.34. The summed E-state index contributed by atoms with van der Waals surface area (Å²) in [4.78, 5) is 37.0. The van der Waals surface area contributed by atoms with E-state index in [9.17, 15) is 14.4 Å². The summed E-state index contributed by atoms with van der Waals surface area (Å²) in [5.41, 5.74) is 1.38. The summed E-state index contributed by atoms with van der Waals surface area (Å²) in [6.45, 7) is 3.97. The third-order valence-electron chi connectivity index (χ3n) is 5.11. The molecule has 3 rings (SSSR count). The maximum absolute atomic E-state index is 12.9. The lowest BCUT2D eigenvalue weighted by Crippen LogP contribution is -2.43. The Morgan fingerprint density at radius 1 is 1.12 bits per heavy atom. The van der Waals surface area contributed by atoms with Crippen LogP contribution in [-0.4, -0.2) is 18.1 Å². The largest absolute Gasteiger partial charge is 0.445 e. The number of esters is 1. The van der Waals surface area contributed by atoms with Crippen LogP contribution in [0.5, 0.6) is 5.75 Å². The number of aryl methyl sites for hydroxylation is 1. The highest BCUT2D eigenvalue weighted by molar-refractivity contribution is 6.33. The second-order valence-corrected chi connectivity index (χ2v) is 7.95. The number of fused-ring (bicyclic) bond motifs is 1. The zero-order valence-corrected chi connectivity index (χ0v) is 19.3. The Morgan fingerprint density at radius 3 is 2.58 bits per heavy atom. The Morgan fingerprint density at radius 2 is 1.88 bits per heavy atom. The Balaban J connectivity index is 1.73. The van der Waals surface area contributed by atoms with E-state index in [4.69, 9.17) is 25.5 Å². The molecule has 0 fully saturated rings. The molecule has 8 heteroatoms. The van der Waals surface area contributed by atoms with Gasteiger partial charge < -0.3 is 19.2 Å². The molecule has 3 aromatic rings. The van der Waals surface area contributed by atoms with Gasteiger partial charge in [-0.25, -0.2) is 14.4 Å². The van der Waals surface area contributed by atoms with E-state index >= 15 is 0 Å². The van der Waals surface area contributed by atoms with Crippen molar-refractivity contribution in [1.82, 2.24) is 5.32 Å². The molecule has 174 valence electrons. The summed E-state index contributed by atoms with van der Waals surface area (Å²) in [6, 6.07) is 12.7. The number of hydrogen-bond acceptors (Lipinski definition) is 6. The van der Waals surface area contributed by atoms with E-state index in [1.54, 1.807) is 6.07 Å². The van der Waals surface area contributed by atoms with Gasteiger partial charge in [-0.1, -0.05) is 68.6 Å². The monoisotopic (exact) mass is 471 g/mol. The number of ether oxygens (including phenoxy) is 2. The molecule has 33 heavy (non-hydrogen) atoms. The number of halogens is 1. The number of hydrogen-bond donors (Lipinski definition) is 1. The minimum absolute atomic E-state index is 0.0477. The van der Waals surface area contributed by atoms with Gasteiger partial charge in [0, 0.05) is 17.5 Å². The molecule has 7 nitrogen and oxygen atoms in total.